The standard InChI is InChI=1S/C13H15N3O.2ClH/c1-2-13-10(8-15-9-16-13)7-12(1)17-11-3-5-14-6-4-11;;/h1-2,7-9,11,14H,3-6H2;2*1H. The second-order valence-electron chi connectivity index (χ2n) is 4.31. The molecule has 0 amide bonds. The number of piperidine rings is 1. The van der Waals surface area contributed by atoms with Crippen molar-refractivity contribution in [2.45, 2.75) is 18.9 Å². The van der Waals surface area contributed by atoms with Crippen molar-refractivity contribution in [3.8, 4) is 5.75 Å². The molecule has 104 valence electrons. The zero-order valence-electron chi connectivity index (χ0n) is 10.4. The third-order valence-corrected chi connectivity index (χ3v) is 3.07. The molecule has 0 saturated carbocycles. The van der Waals surface area contributed by atoms with Crippen molar-refractivity contribution in [2.24, 2.45) is 0 Å². The Balaban J connectivity index is 0.000000902. The monoisotopic (exact) mass is 301 g/mol. The number of nitrogens with one attached hydrogen (secondary N) is 1. The zero-order valence-corrected chi connectivity index (χ0v) is 12.0. The first-order valence-electron chi connectivity index (χ1n) is 5.99. The van der Waals surface area contributed by atoms with E-state index in [1.165, 1.54) is 0 Å². The number of benzene rings is 1. The molecule has 1 fully saturated rings. The smallest absolute Gasteiger partial charge is 0.120 e. The Bertz CT molecular complexity index is 518. The molecule has 2 heterocycles. The van der Waals surface area contributed by atoms with Crippen LogP contribution in [-0.2, 0) is 0 Å². The molecular formula is C13H17Cl2N3O. The first-order valence-corrected chi connectivity index (χ1v) is 5.99. The van der Waals surface area contributed by atoms with Gasteiger partial charge in [0.05, 0.1) is 5.52 Å². The Kier molecular flexibility index (Phi) is 6.28. The number of aromatic nitrogens is 2. The summed E-state index contributed by atoms with van der Waals surface area (Å²) >= 11 is 0. The van der Waals surface area contributed by atoms with Crippen LogP contribution in [0, 0.1) is 0 Å². The topological polar surface area (TPSA) is 47.0 Å². The number of fused-ring (bicyclic) bond motifs is 1. The van der Waals surface area contributed by atoms with E-state index >= 15 is 0 Å². The Labute approximate surface area is 124 Å². The van der Waals surface area contributed by atoms with Gasteiger partial charge < -0.3 is 10.1 Å². The van der Waals surface area contributed by atoms with Crippen LogP contribution >= 0.6 is 24.8 Å². The maximum absolute atomic E-state index is 5.97. The van der Waals surface area contributed by atoms with E-state index in [-0.39, 0.29) is 24.8 Å². The number of halogens is 2. The number of rotatable bonds is 2. The molecule has 1 aromatic carbocycles. The van der Waals surface area contributed by atoms with E-state index in [4.69, 9.17) is 4.74 Å². The molecule has 6 heteroatoms. The second-order valence-corrected chi connectivity index (χ2v) is 4.31. The van der Waals surface area contributed by atoms with Gasteiger partial charge in [-0.3, -0.25) is 0 Å². The van der Waals surface area contributed by atoms with E-state index < -0.39 is 0 Å². The highest BCUT2D eigenvalue weighted by Gasteiger charge is 2.14. The van der Waals surface area contributed by atoms with Gasteiger partial charge in [0.2, 0.25) is 0 Å². The van der Waals surface area contributed by atoms with E-state index in [9.17, 15) is 0 Å². The SMILES string of the molecule is Cl.Cl.c1ncc2cc(OC3CCNCC3)ccc2n1. The first kappa shape index (κ1) is 16.0. The molecule has 1 aliphatic rings. The van der Waals surface area contributed by atoms with Crippen LogP contribution in [0.3, 0.4) is 0 Å². The maximum Gasteiger partial charge on any atom is 0.120 e. The van der Waals surface area contributed by atoms with Gasteiger partial charge in [-0.25, -0.2) is 9.97 Å². The summed E-state index contributed by atoms with van der Waals surface area (Å²) in [5.74, 6) is 0.916. The largest absolute Gasteiger partial charge is 0.490 e. The van der Waals surface area contributed by atoms with Gasteiger partial charge >= 0.3 is 0 Å². The van der Waals surface area contributed by atoms with Crippen molar-refractivity contribution in [1.82, 2.24) is 15.3 Å². The lowest BCUT2D eigenvalue weighted by Gasteiger charge is -2.23. The van der Waals surface area contributed by atoms with Crippen molar-refractivity contribution in [3.63, 3.8) is 0 Å². The Hall–Kier alpha value is -1.10. The minimum absolute atomic E-state index is 0. The summed E-state index contributed by atoms with van der Waals surface area (Å²) in [4.78, 5) is 8.22. The van der Waals surface area contributed by atoms with E-state index in [0.717, 1.165) is 42.6 Å². The summed E-state index contributed by atoms with van der Waals surface area (Å²) in [6, 6.07) is 5.97. The predicted octanol–water partition coefficient (Wildman–Crippen LogP) is 2.60. The molecule has 1 aliphatic heterocycles. The molecule has 4 nitrogen and oxygen atoms in total. The lowest BCUT2D eigenvalue weighted by Crippen LogP contribution is -2.34. The van der Waals surface area contributed by atoms with Crippen molar-refractivity contribution >= 4 is 35.7 Å². The molecule has 2 aromatic rings. The van der Waals surface area contributed by atoms with Crippen LogP contribution in [0.1, 0.15) is 12.8 Å². The number of nitrogens with zero attached hydrogens (tertiary/aromatic N) is 2. The molecule has 19 heavy (non-hydrogen) atoms. The van der Waals surface area contributed by atoms with Crippen molar-refractivity contribution < 1.29 is 4.74 Å². The summed E-state index contributed by atoms with van der Waals surface area (Å²) in [6.07, 6.45) is 5.86. The molecule has 0 spiro atoms. The molecular weight excluding hydrogens is 285 g/mol. The van der Waals surface area contributed by atoms with Crippen molar-refractivity contribution in [2.75, 3.05) is 13.1 Å². The summed E-state index contributed by atoms with van der Waals surface area (Å²) in [6.45, 7) is 2.09. The van der Waals surface area contributed by atoms with E-state index in [1.54, 1.807) is 6.33 Å². The van der Waals surface area contributed by atoms with Crippen LogP contribution in [-0.4, -0.2) is 29.2 Å². The summed E-state index contributed by atoms with van der Waals surface area (Å²) < 4.78 is 5.97. The van der Waals surface area contributed by atoms with Crippen LogP contribution in [0.25, 0.3) is 10.9 Å². The third-order valence-electron chi connectivity index (χ3n) is 3.07. The van der Waals surface area contributed by atoms with Gasteiger partial charge in [0.15, 0.2) is 0 Å². The van der Waals surface area contributed by atoms with Crippen LogP contribution < -0.4 is 10.1 Å². The van der Waals surface area contributed by atoms with E-state index in [1.807, 2.05) is 24.4 Å². The molecule has 1 saturated heterocycles. The average molecular weight is 302 g/mol. The van der Waals surface area contributed by atoms with Gasteiger partial charge in [0, 0.05) is 11.6 Å². The Morgan fingerprint density at radius 3 is 2.74 bits per heavy atom. The number of hydrogen-bond donors (Lipinski definition) is 1. The van der Waals surface area contributed by atoms with Crippen LogP contribution in [0.5, 0.6) is 5.75 Å². The quantitative estimate of drug-likeness (QED) is 0.926. The number of hydrogen-bond acceptors (Lipinski definition) is 4. The summed E-state index contributed by atoms with van der Waals surface area (Å²) in [5, 5.41) is 4.36. The molecule has 0 bridgehead atoms. The van der Waals surface area contributed by atoms with Gasteiger partial charge in [-0.1, -0.05) is 0 Å². The highest BCUT2D eigenvalue weighted by molar-refractivity contribution is 5.85. The minimum atomic E-state index is 0. The number of ether oxygens (including phenoxy) is 1. The molecule has 1 N–H and O–H groups in total. The van der Waals surface area contributed by atoms with Crippen LogP contribution in [0.4, 0.5) is 0 Å². The van der Waals surface area contributed by atoms with Crippen LogP contribution in [0.2, 0.25) is 0 Å². The summed E-state index contributed by atoms with van der Waals surface area (Å²) in [7, 11) is 0. The minimum Gasteiger partial charge on any atom is -0.490 e. The molecule has 0 atom stereocenters. The Morgan fingerprint density at radius 2 is 1.95 bits per heavy atom. The molecule has 0 aliphatic carbocycles. The van der Waals surface area contributed by atoms with Gasteiger partial charge in [0.25, 0.3) is 0 Å². The fraction of sp³-hybridized carbons (Fsp3) is 0.385. The van der Waals surface area contributed by atoms with E-state index in [2.05, 4.69) is 15.3 Å². The Morgan fingerprint density at radius 1 is 1.16 bits per heavy atom. The second kappa shape index (κ2) is 7.48. The molecule has 1 aromatic heterocycles. The lowest BCUT2D eigenvalue weighted by molar-refractivity contribution is 0.162. The highest BCUT2D eigenvalue weighted by atomic mass is 35.5. The van der Waals surface area contributed by atoms with Gasteiger partial charge in [-0.2, -0.15) is 0 Å². The first-order chi connectivity index (χ1) is 8.42. The maximum atomic E-state index is 5.97. The molecule has 0 radical (unpaired) electrons. The van der Waals surface area contributed by atoms with Gasteiger partial charge in [-0.05, 0) is 44.1 Å². The van der Waals surface area contributed by atoms with Crippen molar-refractivity contribution in [3.05, 3.63) is 30.7 Å². The average Bonchev–Trinajstić information content (AvgIpc) is 2.40. The zero-order chi connectivity index (χ0) is 11.5. The summed E-state index contributed by atoms with van der Waals surface area (Å²) in [5.41, 5.74) is 0.956. The highest BCUT2D eigenvalue weighted by Crippen LogP contribution is 2.21. The fourth-order valence-corrected chi connectivity index (χ4v) is 2.14. The third kappa shape index (κ3) is 3.93. The lowest BCUT2D eigenvalue weighted by atomic mass is 10.1. The molecule has 3 rings (SSSR count). The van der Waals surface area contributed by atoms with Crippen LogP contribution in [0.15, 0.2) is 30.7 Å². The predicted molar refractivity (Wildman–Crippen MR) is 80.6 cm³/mol. The van der Waals surface area contributed by atoms with Crippen molar-refractivity contribution in [1.29, 1.82) is 0 Å². The van der Waals surface area contributed by atoms with E-state index in [0.29, 0.717) is 6.10 Å². The molecule has 0 unspecified atom stereocenters. The van der Waals surface area contributed by atoms with Gasteiger partial charge in [-0.15, -0.1) is 24.8 Å². The van der Waals surface area contributed by atoms with Gasteiger partial charge in [0.1, 0.15) is 18.2 Å². The normalized spacial score (nSPS) is 15.4. The fourth-order valence-electron chi connectivity index (χ4n) is 2.14.